The molecule has 3 heterocycles. The molecule has 0 N–H and O–H groups in total. The van der Waals surface area contributed by atoms with Gasteiger partial charge in [0.2, 0.25) is 0 Å². The summed E-state index contributed by atoms with van der Waals surface area (Å²) in [6.45, 7) is 5.74. The summed E-state index contributed by atoms with van der Waals surface area (Å²) in [7, 11) is -3.64. The van der Waals surface area contributed by atoms with Crippen molar-refractivity contribution >= 4 is 15.7 Å². The Labute approximate surface area is 200 Å². The van der Waals surface area contributed by atoms with Gasteiger partial charge in [-0.15, -0.1) is 0 Å². The number of likely N-dealkylation sites (tertiary alicyclic amines) is 1. The highest BCUT2D eigenvalue weighted by atomic mass is 32.2. The van der Waals surface area contributed by atoms with Crippen molar-refractivity contribution in [3.05, 3.63) is 95.4 Å². The van der Waals surface area contributed by atoms with Gasteiger partial charge in [0, 0.05) is 42.5 Å². The van der Waals surface area contributed by atoms with Crippen LogP contribution >= 0.6 is 0 Å². The van der Waals surface area contributed by atoms with Crippen LogP contribution in [-0.4, -0.2) is 36.4 Å². The Morgan fingerprint density at radius 2 is 1.97 bits per heavy atom. The first-order valence-electron chi connectivity index (χ1n) is 11.5. The number of pyridine rings is 1. The molecule has 0 amide bonds. The van der Waals surface area contributed by atoms with Gasteiger partial charge in [-0.2, -0.15) is 0 Å². The molecule has 1 fully saturated rings. The van der Waals surface area contributed by atoms with Gasteiger partial charge < -0.3 is 0 Å². The van der Waals surface area contributed by atoms with Gasteiger partial charge in [-0.3, -0.25) is 14.2 Å². The Kier molecular flexibility index (Phi) is 5.78. The van der Waals surface area contributed by atoms with E-state index >= 15 is 0 Å². The van der Waals surface area contributed by atoms with Crippen molar-refractivity contribution in [1.29, 1.82) is 0 Å². The molecular weight excluding hydrogens is 449 g/mol. The van der Waals surface area contributed by atoms with E-state index in [4.69, 9.17) is 0 Å². The van der Waals surface area contributed by atoms with Gasteiger partial charge in [-0.05, 0) is 79.8 Å². The number of piperidine rings is 1. The van der Waals surface area contributed by atoms with Crippen molar-refractivity contribution in [1.82, 2.24) is 9.88 Å². The fraction of sp³-hybridized carbons (Fsp3) is 0.296. The maximum Gasteiger partial charge on any atom is 0.258 e. The Balaban J connectivity index is 1.37. The number of benzene rings is 2. The van der Waals surface area contributed by atoms with Crippen molar-refractivity contribution in [3.8, 4) is 11.1 Å². The topological polar surface area (TPSA) is 53.5 Å². The molecule has 1 saturated heterocycles. The fourth-order valence-electron chi connectivity index (χ4n) is 5.31. The summed E-state index contributed by atoms with van der Waals surface area (Å²) in [5.41, 5.74) is 4.38. The summed E-state index contributed by atoms with van der Waals surface area (Å²) < 4.78 is 41.2. The van der Waals surface area contributed by atoms with Crippen LogP contribution in [0.15, 0.2) is 78.5 Å². The summed E-state index contributed by atoms with van der Waals surface area (Å²) in [5, 5.41) is 1.28. The Hall–Kier alpha value is -3.03. The van der Waals surface area contributed by atoms with E-state index in [1.54, 1.807) is 24.4 Å². The molecule has 0 saturated carbocycles. The van der Waals surface area contributed by atoms with Gasteiger partial charge in [-0.1, -0.05) is 24.3 Å². The number of hydrogen-bond acceptors (Lipinski definition) is 4. The van der Waals surface area contributed by atoms with Gasteiger partial charge >= 0.3 is 0 Å². The fourth-order valence-corrected chi connectivity index (χ4v) is 7.00. The Bertz CT molecular complexity index is 1360. The van der Waals surface area contributed by atoms with Crippen LogP contribution in [0.1, 0.15) is 30.9 Å². The van der Waals surface area contributed by atoms with Crippen molar-refractivity contribution < 1.29 is 12.8 Å². The van der Waals surface area contributed by atoms with E-state index in [0.29, 0.717) is 18.5 Å². The molecule has 7 heteroatoms. The number of sulfonamides is 1. The highest BCUT2D eigenvalue weighted by Gasteiger charge is 2.49. The quantitative estimate of drug-likeness (QED) is 0.513. The van der Waals surface area contributed by atoms with Crippen LogP contribution in [0.25, 0.3) is 11.1 Å². The second kappa shape index (κ2) is 8.64. The highest BCUT2D eigenvalue weighted by molar-refractivity contribution is 7.96. The minimum absolute atomic E-state index is 0.145. The summed E-state index contributed by atoms with van der Waals surface area (Å²) in [6, 6.07) is 16.5. The molecule has 5 nitrogen and oxygen atoms in total. The largest absolute Gasteiger partial charge is 0.296 e. The van der Waals surface area contributed by atoms with Gasteiger partial charge in [0.25, 0.3) is 10.0 Å². The third-order valence-electron chi connectivity index (χ3n) is 7.02. The highest BCUT2D eigenvalue weighted by Crippen LogP contribution is 2.43. The molecule has 2 aliphatic heterocycles. The van der Waals surface area contributed by atoms with E-state index in [0.717, 1.165) is 24.2 Å². The molecule has 2 aromatic carbocycles. The number of aromatic nitrogens is 1. The van der Waals surface area contributed by atoms with Crippen LogP contribution in [-0.2, 0) is 16.6 Å². The maximum atomic E-state index is 13.9. The molecule has 1 spiro atoms. The van der Waals surface area contributed by atoms with Gasteiger partial charge in [-0.25, -0.2) is 12.8 Å². The van der Waals surface area contributed by atoms with E-state index in [1.165, 1.54) is 33.0 Å². The van der Waals surface area contributed by atoms with Crippen molar-refractivity contribution in [3.63, 3.8) is 0 Å². The zero-order chi connectivity index (χ0) is 23.9. The first-order valence-corrected chi connectivity index (χ1v) is 13.0. The molecule has 3 aromatic rings. The minimum atomic E-state index is -3.64. The predicted molar refractivity (Wildman–Crippen MR) is 133 cm³/mol. The molecule has 5 rings (SSSR count). The van der Waals surface area contributed by atoms with E-state index in [2.05, 4.69) is 48.0 Å². The lowest BCUT2D eigenvalue weighted by molar-refractivity contribution is 0.120. The first-order chi connectivity index (χ1) is 16.3. The lowest BCUT2D eigenvalue weighted by Crippen LogP contribution is -2.56. The minimum Gasteiger partial charge on any atom is -0.296 e. The summed E-state index contributed by atoms with van der Waals surface area (Å²) in [6.07, 6.45) is 6.78. The van der Waals surface area contributed by atoms with Gasteiger partial charge in [0.1, 0.15) is 5.82 Å². The van der Waals surface area contributed by atoms with Crippen LogP contribution in [0.5, 0.6) is 0 Å². The lowest BCUT2D eigenvalue weighted by atomic mass is 9.83. The molecule has 2 aliphatic rings. The normalized spacial score (nSPS) is 24.1. The number of halogens is 1. The second-order valence-corrected chi connectivity index (χ2v) is 11.0. The van der Waals surface area contributed by atoms with Crippen LogP contribution in [0.4, 0.5) is 10.1 Å². The molecule has 2 atom stereocenters. The van der Waals surface area contributed by atoms with Crippen LogP contribution < -0.4 is 4.31 Å². The number of aryl methyl sites for hydroxylation is 1. The molecule has 34 heavy (non-hydrogen) atoms. The molecule has 0 radical (unpaired) electrons. The number of hydrogen-bond donors (Lipinski definition) is 0. The number of anilines is 1. The van der Waals surface area contributed by atoms with Crippen molar-refractivity contribution in [2.75, 3.05) is 10.8 Å². The molecule has 1 aromatic heterocycles. The van der Waals surface area contributed by atoms with Crippen LogP contribution in [0, 0.1) is 12.7 Å². The maximum absolute atomic E-state index is 13.9. The third-order valence-corrected chi connectivity index (χ3v) is 8.58. The molecule has 0 aliphatic carbocycles. The zero-order valence-corrected chi connectivity index (χ0v) is 20.2. The van der Waals surface area contributed by atoms with Crippen LogP contribution in [0.3, 0.4) is 0 Å². The average molecular weight is 478 g/mol. The van der Waals surface area contributed by atoms with Gasteiger partial charge in [0.15, 0.2) is 0 Å². The zero-order valence-electron chi connectivity index (χ0n) is 19.4. The SMILES string of the molecule is Cc1ccncc1-c1cccc(CN2CC[C@]3(C=CS(=O)(=O)N3c3cccc(F)c3)C[C@@H]2C)c1. The molecule has 0 bridgehead atoms. The van der Waals surface area contributed by atoms with E-state index in [-0.39, 0.29) is 6.04 Å². The third kappa shape index (κ3) is 4.14. The smallest absolute Gasteiger partial charge is 0.258 e. The van der Waals surface area contributed by atoms with E-state index in [1.807, 2.05) is 12.3 Å². The Morgan fingerprint density at radius 3 is 2.74 bits per heavy atom. The standard InChI is InChI=1S/C27H28FN3O2S/c1-20-9-12-29-18-26(20)23-6-3-5-22(15-23)19-30-13-10-27(17-21(30)2)11-14-34(32,33)31(27)25-8-4-7-24(28)16-25/h3-9,11-12,14-16,18,21H,10,13,17,19H2,1-2H3/t21-,27-/m0/s1. The van der Waals surface area contributed by atoms with Gasteiger partial charge in [0.05, 0.1) is 11.2 Å². The van der Waals surface area contributed by atoms with E-state index < -0.39 is 21.4 Å². The average Bonchev–Trinajstić information content (AvgIpc) is 3.06. The second-order valence-electron chi connectivity index (χ2n) is 9.36. The van der Waals surface area contributed by atoms with E-state index in [9.17, 15) is 12.8 Å². The lowest BCUT2D eigenvalue weighted by Gasteiger charge is -2.47. The molecule has 0 unspecified atom stereocenters. The summed E-state index contributed by atoms with van der Waals surface area (Å²) >= 11 is 0. The molecular formula is C27H28FN3O2S. The first kappa shape index (κ1) is 22.7. The number of nitrogens with zero attached hydrogens (tertiary/aromatic N) is 3. The molecule has 176 valence electrons. The predicted octanol–water partition coefficient (Wildman–Crippen LogP) is 5.28. The van der Waals surface area contributed by atoms with Crippen molar-refractivity contribution in [2.45, 2.75) is 44.8 Å². The van der Waals surface area contributed by atoms with Crippen LogP contribution in [0.2, 0.25) is 0 Å². The van der Waals surface area contributed by atoms with Crippen molar-refractivity contribution in [2.24, 2.45) is 0 Å². The Morgan fingerprint density at radius 1 is 1.15 bits per heavy atom. The number of rotatable bonds is 4. The monoisotopic (exact) mass is 477 g/mol. The summed E-state index contributed by atoms with van der Waals surface area (Å²) in [5.74, 6) is -0.441. The summed E-state index contributed by atoms with van der Waals surface area (Å²) in [4.78, 5) is 6.67.